The Morgan fingerprint density at radius 1 is 1.05 bits per heavy atom. The maximum Gasteiger partial charge on any atom is 0.229 e. The molecule has 3 atom stereocenters. The molecule has 3 unspecified atom stereocenters. The summed E-state index contributed by atoms with van der Waals surface area (Å²) < 4.78 is 5.60. The summed E-state index contributed by atoms with van der Waals surface area (Å²) in [6, 6.07) is 0. The molecule has 4 nitrogen and oxygen atoms in total. The van der Waals surface area contributed by atoms with Gasteiger partial charge in [0.15, 0.2) is 5.82 Å². The zero-order valence-corrected chi connectivity index (χ0v) is 12.1. The molecule has 0 spiro atoms. The molecule has 3 aliphatic carbocycles. The van der Waals surface area contributed by atoms with E-state index in [-0.39, 0.29) is 0 Å². The Bertz CT molecular complexity index is 464. The average Bonchev–Trinajstić information content (AvgIpc) is 3.23. The predicted molar refractivity (Wildman–Crippen MR) is 76.2 cm³/mol. The first-order valence-corrected chi connectivity index (χ1v) is 8.37. The molecule has 3 saturated carbocycles. The summed E-state index contributed by atoms with van der Waals surface area (Å²) in [5, 5.41) is 4.32. The van der Waals surface area contributed by atoms with Crippen molar-refractivity contribution in [2.75, 3.05) is 6.54 Å². The largest absolute Gasteiger partial charge is 0.339 e. The van der Waals surface area contributed by atoms with Gasteiger partial charge in [-0.2, -0.15) is 4.98 Å². The lowest BCUT2D eigenvalue weighted by molar-refractivity contribution is 0.272. The number of nitrogens with two attached hydrogens (primary N) is 1. The Kier molecular flexibility index (Phi) is 3.29. The van der Waals surface area contributed by atoms with Crippen LogP contribution in [0.4, 0.5) is 0 Å². The van der Waals surface area contributed by atoms with Crippen LogP contribution in [0.1, 0.15) is 74.9 Å². The van der Waals surface area contributed by atoms with Crippen molar-refractivity contribution in [3.05, 3.63) is 11.7 Å². The molecule has 0 aromatic carbocycles. The van der Waals surface area contributed by atoms with E-state index in [1.807, 2.05) is 0 Å². The van der Waals surface area contributed by atoms with Crippen molar-refractivity contribution in [3.8, 4) is 0 Å². The van der Waals surface area contributed by atoms with Gasteiger partial charge < -0.3 is 10.3 Å². The molecule has 2 N–H and O–H groups in total. The molecule has 0 amide bonds. The van der Waals surface area contributed by atoms with Crippen molar-refractivity contribution in [1.82, 2.24) is 10.1 Å². The van der Waals surface area contributed by atoms with Crippen molar-refractivity contribution in [2.45, 2.75) is 63.2 Å². The first-order chi connectivity index (χ1) is 9.83. The van der Waals surface area contributed by atoms with Crippen LogP contribution < -0.4 is 5.73 Å². The average molecular weight is 275 g/mol. The summed E-state index contributed by atoms with van der Waals surface area (Å²) in [4.78, 5) is 4.78. The number of hydrogen-bond donors (Lipinski definition) is 1. The van der Waals surface area contributed by atoms with E-state index < -0.39 is 0 Å². The molecule has 4 rings (SSSR count). The lowest BCUT2D eigenvalue weighted by Gasteiger charge is -2.25. The topological polar surface area (TPSA) is 64.9 Å². The third-order valence-electron chi connectivity index (χ3n) is 6.06. The normalized spacial score (nSPS) is 40.4. The second-order valence-electron chi connectivity index (χ2n) is 7.23. The smallest absolute Gasteiger partial charge is 0.229 e. The van der Waals surface area contributed by atoms with Gasteiger partial charge in [-0.25, -0.2) is 0 Å². The van der Waals surface area contributed by atoms with E-state index in [2.05, 4.69) is 5.16 Å². The van der Waals surface area contributed by atoms with Gasteiger partial charge in [-0.1, -0.05) is 11.6 Å². The van der Waals surface area contributed by atoms with Gasteiger partial charge in [0.25, 0.3) is 0 Å². The highest BCUT2D eigenvalue weighted by molar-refractivity contribution is 5.08. The van der Waals surface area contributed by atoms with Gasteiger partial charge in [0.05, 0.1) is 0 Å². The van der Waals surface area contributed by atoms with E-state index in [0.29, 0.717) is 17.8 Å². The molecule has 1 heterocycles. The summed E-state index contributed by atoms with van der Waals surface area (Å²) in [7, 11) is 0. The minimum Gasteiger partial charge on any atom is -0.339 e. The molecule has 1 aromatic rings. The van der Waals surface area contributed by atoms with Crippen LogP contribution in [0.3, 0.4) is 0 Å². The molecule has 3 fully saturated rings. The maximum atomic E-state index is 5.76. The van der Waals surface area contributed by atoms with E-state index in [0.717, 1.165) is 30.1 Å². The van der Waals surface area contributed by atoms with E-state index >= 15 is 0 Å². The summed E-state index contributed by atoms with van der Waals surface area (Å²) in [6.07, 6.45) is 10.3. The number of nitrogens with zero attached hydrogens (tertiary/aromatic N) is 2. The third-order valence-corrected chi connectivity index (χ3v) is 6.06. The molecular formula is C16H25N3O. The van der Waals surface area contributed by atoms with Crippen LogP contribution in [0.2, 0.25) is 0 Å². The van der Waals surface area contributed by atoms with Crippen molar-refractivity contribution < 1.29 is 4.52 Å². The molecule has 0 radical (unpaired) electrons. The van der Waals surface area contributed by atoms with Gasteiger partial charge in [0.1, 0.15) is 0 Å². The van der Waals surface area contributed by atoms with Gasteiger partial charge in [-0.3, -0.25) is 0 Å². The van der Waals surface area contributed by atoms with Crippen LogP contribution in [0.15, 0.2) is 4.52 Å². The molecule has 3 aliphatic rings. The second kappa shape index (κ2) is 5.14. The molecule has 20 heavy (non-hydrogen) atoms. The van der Waals surface area contributed by atoms with Crippen molar-refractivity contribution >= 4 is 0 Å². The Morgan fingerprint density at radius 2 is 1.90 bits per heavy atom. The first-order valence-electron chi connectivity index (χ1n) is 8.37. The number of fused-ring (bicyclic) bond motifs is 2. The first kappa shape index (κ1) is 12.8. The zero-order valence-electron chi connectivity index (χ0n) is 12.1. The number of aromatic nitrogens is 2. The van der Waals surface area contributed by atoms with Crippen LogP contribution in [-0.4, -0.2) is 16.7 Å². The quantitative estimate of drug-likeness (QED) is 0.920. The maximum absolute atomic E-state index is 5.76. The highest BCUT2D eigenvalue weighted by atomic mass is 16.5. The fourth-order valence-corrected chi connectivity index (χ4v) is 4.77. The van der Waals surface area contributed by atoms with E-state index in [9.17, 15) is 0 Å². The van der Waals surface area contributed by atoms with Crippen molar-refractivity contribution in [1.29, 1.82) is 0 Å². The lowest BCUT2D eigenvalue weighted by atomic mass is 9.82. The van der Waals surface area contributed by atoms with E-state index in [1.54, 1.807) is 0 Å². The Labute approximate surface area is 120 Å². The molecule has 2 bridgehead atoms. The standard InChI is InChI=1S/C16H25N3O/c17-9-10-1-4-12(5-2-10)16-18-15(19-20-16)14-8-11-3-6-13(14)7-11/h10-14H,1-9,17H2. The van der Waals surface area contributed by atoms with Crippen molar-refractivity contribution in [3.63, 3.8) is 0 Å². The molecule has 1 aromatic heterocycles. The molecule has 0 saturated heterocycles. The van der Waals surface area contributed by atoms with Gasteiger partial charge >= 0.3 is 0 Å². The van der Waals surface area contributed by atoms with Gasteiger partial charge in [-0.05, 0) is 69.2 Å². The molecule has 0 aliphatic heterocycles. The highest BCUT2D eigenvalue weighted by Gasteiger charge is 2.42. The van der Waals surface area contributed by atoms with Crippen LogP contribution in [-0.2, 0) is 0 Å². The summed E-state index contributed by atoms with van der Waals surface area (Å²) in [6.45, 7) is 0.826. The fraction of sp³-hybridized carbons (Fsp3) is 0.875. The van der Waals surface area contributed by atoms with Crippen LogP contribution in [0.25, 0.3) is 0 Å². The fourth-order valence-electron chi connectivity index (χ4n) is 4.77. The molecular weight excluding hydrogens is 250 g/mol. The minimum absolute atomic E-state index is 0.484. The highest BCUT2D eigenvalue weighted by Crippen LogP contribution is 2.52. The van der Waals surface area contributed by atoms with E-state index in [4.69, 9.17) is 15.2 Å². The Hall–Kier alpha value is -0.900. The van der Waals surface area contributed by atoms with Gasteiger partial charge in [0, 0.05) is 11.8 Å². The summed E-state index contributed by atoms with van der Waals surface area (Å²) in [5.41, 5.74) is 5.76. The monoisotopic (exact) mass is 275 g/mol. The lowest BCUT2D eigenvalue weighted by Crippen LogP contribution is -2.20. The van der Waals surface area contributed by atoms with Gasteiger partial charge in [-0.15, -0.1) is 0 Å². The number of hydrogen-bond acceptors (Lipinski definition) is 4. The van der Waals surface area contributed by atoms with E-state index in [1.165, 1.54) is 51.4 Å². The Morgan fingerprint density at radius 3 is 2.55 bits per heavy atom. The van der Waals surface area contributed by atoms with Crippen molar-refractivity contribution in [2.24, 2.45) is 23.5 Å². The zero-order chi connectivity index (χ0) is 13.5. The van der Waals surface area contributed by atoms with Crippen LogP contribution in [0.5, 0.6) is 0 Å². The second-order valence-corrected chi connectivity index (χ2v) is 7.23. The van der Waals surface area contributed by atoms with Crippen LogP contribution >= 0.6 is 0 Å². The third kappa shape index (κ3) is 2.18. The summed E-state index contributed by atoms with van der Waals surface area (Å²) in [5.74, 6) is 5.46. The van der Waals surface area contributed by atoms with Gasteiger partial charge in [0.2, 0.25) is 5.89 Å². The Balaban J connectivity index is 1.43. The minimum atomic E-state index is 0.484. The molecule has 110 valence electrons. The molecule has 4 heteroatoms. The van der Waals surface area contributed by atoms with Crippen LogP contribution in [0, 0.1) is 17.8 Å². The number of rotatable bonds is 3. The summed E-state index contributed by atoms with van der Waals surface area (Å²) >= 11 is 0. The predicted octanol–water partition coefficient (Wildman–Crippen LogP) is 3.21. The SMILES string of the molecule is NCC1CCC(c2nc(C3CC4CCC3C4)no2)CC1.